The highest BCUT2D eigenvalue weighted by Crippen LogP contribution is 2.35. The van der Waals surface area contributed by atoms with Gasteiger partial charge in [-0.2, -0.15) is 0 Å². The maximum atomic E-state index is 13.9. The SMILES string of the molecule is CCC1Oc2ccccc2N(Cc2ccccc2F)C1=O. The minimum absolute atomic E-state index is 0.126. The fourth-order valence-corrected chi connectivity index (χ4v) is 2.49. The summed E-state index contributed by atoms with van der Waals surface area (Å²) in [5.74, 6) is 0.238. The van der Waals surface area contributed by atoms with Gasteiger partial charge in [0, 0.05) is 5.56 Å². The number of nitrogens with zero attached hydrogens (tertiary/aromatic N) is 1. The Morgan fingerprint density at radius 1 is 1.14 bits per heavy atom. The predicted molar refractivity (Wildman–Crippen MR) is 78.7 cm³/mol. The molecule has 0 spiro atoms. The average Bonchev–Trinajstić information content (AvgIpc) is 2.51. The van der Waals surface area contributed by atoms with Crippen molar-refractivity contribution in [2.24, 2.45) is 0 Å². The van der Waals surface area contributed by atoms with Crippen molar-refractivity contribution in [1.29, 1.82) is 0 Å². The molecule has 0 radical (unpaired) electrons. The third kappa shape index (κ3) is 2.49. The van der Waals surface area contributed by atoms with E-state index in [2.05, 4.69) is 0 Å². The number of hydrogen-bond acceptors (Lipinski definition) is 2. The lowest BCUT2D eigenvalue weighted by molar-refractivity contribution is -0.126. The molecular formula is C17H16FNO2. The Morgan fingerprint density at radius 3 is 2.62 bits per heavy atom. The van der Waals surface area contributed by atoms with E-state index >= 15 is 0 Å². The normalized spacial score (nSPS) is 17.3. The number of carbonyl (C=O) groups excluding carboxylic acids is 1. The highest BCUT2D eigenvalue weighted by molar-refractivity contribution is 5.99. The van der Waals surface area contributed by atoms with Crippen LogP contribution in [0.3, 0.4) is 0 Å². The number of rotatable bonds is 3. The number of anilines is 1. The van der Waals surface area contributed by atoms with Gasteiger partial charge in [0.05, 0.1) is 12.2 Å². The number of ether oxygens (including phenoxy) is 1. The van der Waals surface area contributed by atoms with E-state index in [0.717, 1.165) is 0 Å². The average molecular weight is 285 g/mol. The van der Waals surface area contributed by atoms with Gasteiger partial charge in [-0.25, -0.2) is 4.39 Å². The zero-order valence-corrected chi connectivity index (χ0v) is 11.8. The molecule has 0 bridgehead atoms. The van der Waals surface area contributed by atoms with Crippen LogP contribution in [0.4, 0.5) is 10.1 Å². The van der Waals surface area contributed by atoms with Crippen molar-refractivity contribution in [3.05, 3.63) is 59.9 Å². The number of amides is 1. The fraction of sp³-hybridized carbons (Fsp3) is 0.235. The van der Waals surface area contributed by atoms with E-state index in [-0.39, 0.29) is 18.3 Å². The van der Waals surface area contributed by atoms with Crippen molar-refractivity contribution in [3.8, 4) is 5.75 Å². The molecule has 0 fully saturated rings. The largest absolute Gasteiger partial charge is 0.478 e. The van der Waals surface area contributed by atoms with Gasteiger partial charge in [-0.1, -0.05) is 37.3 Å². The Balaban J connectivity index is 1.99. The molecule has 0 aromatic heterocycles. The van der Waals surface area contributed by atoms with Gasteiger partial charge in [-0.05, 0) is 24.6 Å². The van der Waals surface area contributed by atoms with Gasteiger partial charge in [-0.3, -0.25) is 4.79 Å². The third-order valence-corrected chi connectivity index (χ3v) is 3.62. The Morgan fingerprint density at radius 2 is 1.86 bits per heavy atom. The van der Waals surface area contributed by atoms with Crippen molar-refractivity contribution in [1.82, 2.24) is 0 Å². The summed E-state index contributed by atoms with van der Waals surface area (Å²) in [5, 5.41) is 0. The van der Waals surface area contributed by atoms with Crippen molar-refractivity contribution in [2.45, 2.75) is 26.0 Å². The summed E-state index contributed by atoms with van der Waals surface area (Å²) in [7, 11) is 0. The first-order chi connectivity index (χ1) is 10.2. The first-order valence-electron chi connectivity index (χ1n) is 7.01. The molecule has 1 aliphatic heterocycles. The second kappa shape index (κ2) is 5.56. The van der Waals surface area contributed by atoms with E-state index in [1.165, 1.54) is 6.07 Å². The van der Waals surface area contributed by atoms with E-state index in [1.807, 2.05) is 31.2 Å². The zero-order valence-electron chi connectivity index (χ0n) is 11.8. The van der Waals surface area contributed by atoms with Crippen LogP contribution < -0.4 is 9.64 Å². The first-order valence-corrected chi connectivity index (χ1v) is 7.01. The summed E-state index contributed by atoms with van der Waals surface area (Å²) >= 11 is 0. The lowest BCUT2D eigenvalue weighted by Gasteiger charge is -2.34. The second-order valence-corrected chi connectivity index (χ2v) is 5.00. The van der Waals surface area contributed by atoms with Gasteiger partial charge in [0.2, 0.25) is 0 Å². The highest BCUT2D eigenvalue weighted by atomic mass is 19.1. The van der Waals surface area contributed by atoms with E-state index in [9.17, 15) is 9.18 Å². The Hall–Kier alpha value is -2.36. The van der Waals surface area contributed by atoms with Gasteiger partial charge in [-0.15, -0.1) is 0 Å². The smallest absolute Gasteiger partial charge is 0.268 e. The van der Waals surface area contributed by atoms with Gasteiger partial charge < -0.3 is 9.64 Å². The molecule has 2 aromatic carbocycles. The van der Waals surface area contributed by atoms with Gasteiger partial charge in [0.1, 0.15) is 11.6 Å². The predicted octanol–water partition coefficient (Wildman–Crippen LogP) is 3.53. The van der Waals surface area contributed by atoms with Crippen LogP contribution in [0.1, 0.15) is 18.9 Å². The molecule has 108 valence electrons. The van der Waals surface area contributed by atoms with Gasteiger partial charge in [0.15, 0.2) is 6.10 Å². The van der Waals surface area contributed by atoms with E-state index in [0.29, 0.717) is 23.4 Å². The lowest BCUT2D eigenvalue weighted by atomic mass is 10.1. The van der Waals surface area contributed by atoms with Crippen molar-refractivity contribution < 1.29 is 13.9 Å². The van der Waals surface area contributed by atoms with E-state index in [4.69, 9.17) is 4.74 Å². The summed E-state index contributed by atoms with van der Waals surface area (Å²) in [5.41, 5.74) is 1.19. The highest BCUT2D eigenvalue weighted by Gasteiger charge is 2.33. The summed E-state index contributed by atoms with van der Waals surface area (Å²) in [4.78, 5) is 14.1. The van der Waals surface area contributed by atoms with Crippen molar-refractivity contribution in [2.75, 3.05) is 4.90 Å². The molecule has 0 saturated carbocycles. The van der Waals surface area contributed by atoms with Crippen LogP contribution in [-0.4, -0.2) is 12.0 Å². The van der Waals surface area contributed by atoms with Crippen LogP contribution in [-0.2, 0) is 11.3 Å². The van der Waals surface area contributed by atoms with Gasteiger partial charge >= 0.3 is 0 Å². The van der Waals surface area contributed by atoms with Crippen LogP contribution in [0.2, 0.25) is 0 Å². The monoisotopic (exact) mass is 285 g/mol. The summed E-state index contributed by atoms with van der Waals surface area (Å²) in [6, 6.07) is 13.9. The third-order valence-electron chi connectivity index (χ3n) is 3.62. The summed E-state index contributed by atoms with van der Waals surface area (Å²) in [6.07, 6.45) is 0.0766. The zero-order chi connectivity index (χ0) is 14.8. The summed E-state index contributed by atoms with van der Waals surface area (Å²) in [6.45, 7) is 2.11. The minimum atomic E-state index is -0.508. The second-order valence-electron chi connectivity index (χ2n) is 5.00. The topological polar surface area (TPSA) is 29.5 Å². The van der Waals surface area contributed by atoms with Crippen molar-refractivity contribution >= 4 is 11.6 Å². The summed E-state index contributed by atoms with van der Waals surface area (Å²) < 4.78 is 19.6. The molecule has 3 rings (SSSR count). The molecule has 3 nitrogen and oxygen atoms in total. The number of para-hydroxylation sites is 2. The Labute approximate surface area is 123 Å². The molecule has 0 saturated heterocycles. The quantitative estimate of drug-likeness (QED) is 0.863. The van der Waals surface area contributed by atoms with Crippen LogP contribution in [0.25, 0.3) is 0 Å². The first kappa shape index (κ1) is 13.6. The molecule has 2 aromatic rings. The van der Waals surface area contributed by atoms with Crippen LogP contribution in [0.5, 0.6) is 5.75 Å². The number of halogens is 1. The van der Waals surface area contributed by atoms with E-state index in [1.54, 1.807) is 23.1 Å². The Kier molecular flexibility index (Phi) is 3.60. The van der Waals surface area contributed by atoms with Gasteiger partial charge in [0.25, 0.3) is 5.91 Å². The molecule has 0 N–H and O–H groups in total. The standard InChI is InChI=1S/C17H16FNO2/c1-2-15-17(20)19(11-12-7-3-4-8-13(12)18)14-9-5-6-10-16(14)21-15/h3-10,15H,2,11H2,1H3. The maximum Gasteiger partial charge on any atom is 0.268 e. The molecule has 4 heteroatoms. The molecule has 0 aliphatic carbocycles. The Bertz CT molecular complexity index is 671. The molecule has 1 heterocycles. The molecule has 1 atom stereocenters. The number of benzene rings is 2. The minimum Gasteiger partial charge on any atom is -0.478 e. The molecule has 21 heavy (non-hydrogen) atoms. The lowest BCUT2D eigenvalue weighted by Crippen LogP contribution is -2.45. The number of hydrogen-bond donors (Lipinski definition) is 0. The maximum absolute atomic E-state index is 13.9. The number of fused-ring (bicyclic) bond motifs is 1. The van der Waals surface area contributed by atoms with E-state index < -0.39 is 6.10 Å². The fourth-order valence-electron chi connectivity index (χ4n) is 2.49. The molecule has 1 aliphatic rings. The molecular weight excluding hydrogens is 269 g/mol. The van der Waals surface area contributed by atoms with Crippen LogP contribution in [0, 0.1) is 5.82 Å². The van der Waals surface area contributed by atoms with Crippen molar-refractivity contribution in [3.63, 3.8) is 0 Å². The molecule has 1 amide bonds. The molecule has 1 unspecified atom stereocenters. The van der Waals surface area contributed by atoms with Crippen LogP contribution >= 0.6 is 0 Å². The van der Waals surface area contributed by atoms with Crippen LogP contribution in [0.15, 0.2) is 48.5 Å². The number of carbonyl (C=O) groups is 1.